The highest BCUT2D eigenvalue weighted by Gasteiger charge is 2.11. The van der Waals surface area contributed by atoms with Gasteiger partial charge in [0.15, 0.2) is 0 Å². The fourth-order valence-electron chi connectivity index (χ4n) is 3.24. The maximum absolute atomic E-state index is 12.2. The van der Waals surface area contributed by atoms with Crippen molar-refractivity contribution in [2.75, 3.05) is 6.54 Å². The Morgan fingerprint density at radius 2 is 1.78 bits per heavy atom. The topological polar surface area (TPSA) is 46.9 Å². The summed E-state index contributed by atoms with van der Waals surface area (Å²) in [5, 5.41) is 4.93. The highest BCUT2D eigenvalue weighted by Crippen LogP contribution is 2.17. The molecule has 5 heteroatoms. The first kappa shape index (κ1) is 17.5. The monoisotopic (exact) mass is 375 g/mol. The minimum atomic E-state index is -0.0137. The summed E-state index contributed by atoms with van der Waals surface area (Å²) in [5.74, 6) is 1.05. The van der Waals surface area contributed by atoms with Gasteiger partial charge in [-0.1, -0.05) is 48.5 Å². The summed E-state index contributed by atoms with van der Waals surface area (Å²) < 4.78 is 2.23. The second kappa shape index (κ2) is 8.18. The summed E-state index contributed by atoms with van der Waals surface area (Å²) in [6.45, 7) is 1.29. The van der Waals surface area contributed by atoms with E-state index in [4.69, 9.17) is 4.98 Å². The first-order chi connectivity index (χ1) is 13.3. The lowest BCUT2D eigenvalue weighted by molar-refractivity contribution is 0.0956. The van der Waals surface area contributed by atoms with E-state index >= 15 is 0 Å². The van der Waals surface area contributed by atoms with Crippen molar-refractivity contribution < 1.29 is 4.79 Å². The first-order valence-corrected chi connectivity index (χ1v) is 9.99. The second-order valence-corrected chi connectivity index (χ2v) is 7.33. The van der Waals surface area contributed by atoms with Crippen LogP contribution in [0, 0.1) is 0 Å². The summed E-state index contributed by atoms with van der Waals surface area (Å²) in [6.07, 6.45) is 1.82. The van der Waals surface area contributed by atoms with Gasteiger partial charge in [-0.15, -0.1) is 11.3 Å². The molecule has 0 aliphatic heterocycles. The summed E-state index contributed by atoms with van der Waals surface area (Å²) >= 11 is 1.46. The standard InChI is InChI=1S/C22H21N3OS/c26-22(20-11-6-16-27-20)23-14-15-25-19-10-5-4-9-18(19)24-21(25)13-12-17-7-2-1-3-8-17/h1-11,16H,12-15H2,(H,23,26). The maximum atomic E-state index is 12.2. The van der Waals surface area contributed by atoms with E-state index in [0.717, 1.165) is 34.6 Å². The smallest absolute Gasteiger partial charge is 0.261 e. The van der Waals surface area contributed by atoms with Crippen molar-refractivity contribution in [3.05, 3.63) is 88.4 Å². The van der Waals surface area contributed by atoms with Crippen LogP contribution in [0.1, 0.15) is 21.1 Å². The highest BCUT2D eigenvalue weighted by molar-refractivity contribution is 7.12. The Morgan fingerprint density at radius 3 is 2.59 bits per heavy atom. The molecule has 0 fully saturated rings. The van der Waals surface area contributed by atoms with Gasteiger partial charge in [-0.3, -0.25) is 4.79 Å². The van der Waals surface area contributed by atoms with Crippen LogP contribution in [0.4, 0.5) is 0 Å². The molecule has 2 aromatic carbocycles. The van der Waals surface area contributed by atoms with Crippen LogP contribution in [-0.4, -0.2) is 22.0 Å². The van der Waals surface area contributed by atoms with Gasteiger partial charge in [0.1, 0.15) is 5.82 Å². The third-order valence-corrected chi connectivity index (χ3v) is 5.45. The molecule has 2 heterocycles. The van der Waals surface area contributed by atoms with E-state index in [-0.39, 0.29) is 5.91 Å². The van der Waals surface area contributed by atoms with Gasteiger partial charge in [0.05, 0.1) is 15.9 Å². The summed E-state index contributed by atoms with van der Waals surface area (Å²) in [4.78, 5) is 17.7. The van der Waals surface area contributed by atoms with Crippen LogP contribution < -0.4 is 5.32 Å². The molecule has 1 amide bonds. The molecule has 0 saturated carbocycles. The Labute approximate surface area is 162 Å². The van der Waals surface area contributed by atoms with Gasteiger partial charge in [0.25, 0.3) is 5.91 Å². The maximum Gasteiger partial charge on any atom is 0.261 e. The first-order valence-electron chi connectivity index (χ1n) is 9.11. The van der Waals surface area contributed by atoms with Crippen LogP contribution in [0.15, 0.2) is 72.1 Å². The quantitative estimate of drug-likeness (QED) is 0.523. The van der Waals surface area contributed by atoms with Crippen molar-refractivity contribution in [3.8, 4) is 0 Å². The molecule has 0 spiro atoms. The number of rotatable bonds is 7. The van der Waals surface area contributed by atoms with Gasteiger partial charge in [0, 0.05) is 19.5 Å². The molecule has 0 radical (unpaired) electrons. The largest absolute Gasteiger partial charge is 0.350 e. The van der Waals surface area contributed by atoms with E-state index in [1.807, 2.05) is 41.8 Å². The van der Waals surface area contributed by atoms with E-state index in [1.54, 1.807) is 0 Å². The number of hydrogen-bond donors (Lipinski definition) is 1. The summed E-state index contributed by atoms with van der Waals surface area (Å²) in [6, 6.07) is 22.4. The Hall–Kier alpha value is -2.92. The number of imidazole rings is 1. The third kappa shape index (κ3) is 4.09. The molecule has 27 heavy (non-hydrogen) atoms. The second-order valence-electron chi connectivity index (χ2n) is 6.39. The molecule has 4 rings (SSSR count). The zero-order valence-corrected chi connectivity index (χ0v) is 15.8. The Morgan fingerprint density at radius 1 is 0.963 bits per heavy atom. The van der Waals surface area contributed by atoms with Crippen LogP contribution in [-0.2, 0) is 19.4 Å². The van der Waals surface area contributed by atoms with Gasteiger partial charge in [-0.2, -0.15) is 0 Å². The minimum Gasteiger partial charge on any atom is -0.350 e. The number of thiophene rings is 1. The molecule has 0 aliphatic rings. The number of aryl methyl sites for hydroxylation is 2. The minimum absolute atomic E-state index is 0.0137. The van der Waals surface area contributed by atoms with E-state index < -0.39 is 0 Å². The molecule has 4 aromatic rings. The number of benzene rings is 2. The average Bonchev–Trinajstić information content (AvgIpc) is 3.36. The Kier molecular flexibility index (Phi) is 5.30. The molecule has 4 nitrogen and oxygen atoms in total. The fraction of sp³-hybridized carbons (Fsp3) is 0.182. The van der Waals surface area contributed by atoms with Crippen molar-refractivity contribution in [1.82, 2.24) is 14.9 Å². The lowest BCUT2D eigenvalue weighted by atomic mass is 10.1. The molecule has 136 valence electrons. The SMILES string of the molecule is O=C(NCCn1c(CCc2ccccc2)nc2ccccc21)c1cccs1. The van der Waals surface area contributed by atoms with Crippen LogP contribution in [0.5, 0.6) is 0 Å². The number of para-hydroxylation sites is 2. The molecule has 1 N–H and O–H groups in total. The molecule has 2 aromatic heterocycles. The molecule has 0 saturated heterocycles. The van der Waals surface area contributed by atoms with Gasteiger partial charge in [-0.05, 0) is 35.6 Å². The van der Waals surface area contributed by atoms with Crippen molar-refractivity contribution >= 4 is 28.3 Å². The lowest BCUT2D eigenvalue weighted by Gasteiger charge is -2.10. The van der Waals surface area contributed by atoms with E-state index in [1.165, 1.54) is 16.9 Å². The average molecular weight is 375 g/mol. The van der Waals surface area contributed by atoms with Crippen molar-refractivity contribution in [2.45, 2.75) is 19.4 Å². The number of carbonyl (C=O) groups excluding carboxylic acids is 1. The Balaban J connectivity index is 1.48. The van der Waals surface area contributed by atoms with Crippen molar-refractivity contribution in [1.29, 1.82) is 0 Å². The third-order valence-electron chi connectivity index (χ3n) is 4.58. The van der Waals surface area contributed by atoms with Gasteiger partial charge in [0.2, 0.25) is 0 Å². The van der Waals surface area contributed by atoms with Crippen molar-refractivity contribution in [3.63, 3.8) is 0 Å². The number of nitrogens with zero attached hydrogens (tertiary/aromatic N) is 2. The zero-order valence-electron chi connectivity index (χ0n) is 15.0. The van der Waals surface area contributed by atoms with Crippen LogP contribution in [0.2, 0.25) is 0 Å². The zero-order chi connectivity index (χ0) is 18.5. The Bertz CT molecular complexity index is 1020. The predicted octanol–water partition coefficient (Wildman–Crippen LogP) is 4.31. The van der Waals surface area contributed by atoms with Crippen LogP contribution in [0.25, 0.3) is 11.0 Å². The molecule has 0 atom stereocenters. The number of hydrogen-bond acceptors (Lipinski definition) is 3. The number of fused-ring (bicyclic) bond motifs is 1. The van der Waals surface area contributed by atoms with Gasteiger partial charge >= 0.3 is 0 Å². The number of carbonyl (C=O) groups is 1. The summed E-state index contributed by atoms with van der Waals surface area (Å²) in [7, 11) is 0. The van der Waals surface area contributed by atoms with E-state index in [0.29, 0.717) is 13.1 Å². The van der Waals surface area contributed by atoms with Gasteiger partial charge < -0.3 is 9.88 Å². The fourth-order valence-corrected chi connectivity index (χ4v) is 3.88. The van der Waals surface area contributed by atoms with Crippen LogP contribution in [0.3, 0.4) is 0 Å². The number of aromatic nitrogens is 2. The molecule has 0 unspecified atom stereocenters. The molecule has 0 aliphatic carbocycles. The summed E-state index contributed by atoms with van der Waals surface area (Å²) in [5.41, 5.74) is 3.43. The van der Waals surface area contributed by atoms with E-state index in [9.17, 15) is 4.79 Å². The molecular formula is C22H21N3OS. The number of amides is 1. The molecule has 0 bridgehead atoms. The van der Waals surface area contributed by atoms with Crippen molar-refractivity contribution in [2.24, 2.45) is 0 Å². The van der Waals surface area contributed by atoms with Crippen LogP contribution >= 0.6 is 11.3 Å². The van der Waals surface area contributed by atoms with E-state index in [2.05, 4.69) is 40.2 Å². The number of nitrogens with one attached hydrogen (secondary N) is 1. The molecular weight excluding hydrogens is 354 g/mol. The van der Waals surface area contributed by atoms with Gasteiger partial charge in [-0.25, -0.2) is 4.98 Å². The predicted molar refractivity (Wildman–Crippen MR) is 110 cm³/mol. The normalized spacial score (nSPS) is 11.0. The highest BCUT2D eigenvalue weighted by atomic mass is 32.1. The lowest BCUT2D eigenvalue weighted by Crippen LogP contribution is -2.27.